The molecule has 164 valence electrons. The summed E-state index contributed by atoms with van der Waals surface area (Å²) in [6, 6.07) is 14.6. The Morgan fingerprint density at radius 1 is 1.06 bits per heavy atom. The van der Waals surface area contributed by atoms with Gasteiger partial charge in [-0.05, 0) is 37.6 Å². The Balaban J connectivity index is 1.49. The molecule has 0 saturated carbocycles. The standard InChI is InChI=1S/C24H22ClN3O4/c1-15-11-18(16(2)27(15)13-17-7-4-5-8-20(17)25)22(29)14-32-24(30)19-12-26-28-21(19)9-6-10-23(28)31-3/h4-12H,13-14H2,1-3H3. The van der Waals surface area contributed by atoms with Gasteiger partial charge in [0, 0.05) is 34.6 Å². The highest BCUT2D eigenvalue weighted by molar-refractivity contribution is 6.31. The molecule has 0 N–H and O–H groups in total. The highest BCUT2D eigenvalue weighted by Gasteiger charge is 2.20. The van der Waals surface area contributed by atoms with Crippen molar-refractivity contribution < 1.29 is 19.1 Å². The molecular formula is C24H22ClN3O4. The normalized spacial score (nSPS) is 11.0. The average molecular weight is 452 g/mol. The molecule has 7 nitrogen and oxygen atoms in total. The van der Waals surface area contributed by atoms with Gasteiger partial charge < -0.3 is 14.0 Å². The Kier molecular flexibility index (Phi) is 6.01. The fourth-order valence-electron chi connectivity index (χ4n) is 3.71. The minimum atomic E-state index is -0.619. The summed E-state index contributed by atoms with van der Waals surface area (Å²) in [7, 11) is 1.52. The molecule has 32 heavy (non-hydrogen) atoms. The van der Waals surface area contributed by atoms with Crippen molar-refractivity contribution in [3.63, 3.8) is 0 Å². The summed E-state index contributed by atoms with van der Waals surface area (Å²) in [5.41, 5.74) is 4.01. The Labute approximate surface area is 190 Å². The van der Waals surface area contributed by atoms with Gasteiger partial charge >= 0.3 is 5.97 Å². The number of aromatic nitrogens is 3. The van der Waals surface area contributed by atoms with Gasteiger partial charge in [0.15, 0.2) is 6.61 Å². The summed E-state index contributed by atoms with van der Waals surface area (Å²) in [6.07, 6.45) is 1.40. The zero-order valence-corrected chi connectivity index (χ0v) is 18.7. The van der Waals surface area contributed by atoms with Crippen LogP contribution in [0.25, 0.3) is 5.52 Å². The Morgan fingerprint density at radius 3 is 2.59 bits per heavy atom. The van der Waals surface area contributed by atoms with E-state index in [0.29, 0.717) is 28.5 Å². The van der Waals surface area contributed by atoms with Crippen LogP contribution in [0.3, 0.4) is 0 Å². The van der Waals surface area contributed by atoms with Crippen LogP contribution in [0.4, 0.5) is 0 Å². The summed E-state index contributed by atoms with van der Waals surface area (Å²) in [5, 5.41) is 4.84. The number of benzene rings is 1. The Morgan fingerprint density at radius 2 is 1.84 bits per heavy atom. The highest BCUT2D eigenvalue weighted by Crippen LogP contribution is 2.22. The zero-order valence-electron chi connectivity index (χ0n) is 18.0. The van der Waals surface area contributed by atoms with Crippen molar-refractivity contribution in [2.24, 2.45) is 0 Å². The first-order valence-corrected chi connectivity index (χ1v) is 10.4. The van der Waals surface area contributed by atoms with E-state index < -0.39 is 5.97 Å². The quantitative estimate of drug-likeness (QED) is 0.305. The first kappa shape index (κ1) is 21.6. The number of Topliss-reactive ketones (excluding diaryl/α,β-unsaturated/α-hetero) is 1. The maximum absolute atomic E-state index is 12.8. The summed E-state index contributed by atoms with van der Waals surface area (Å²) < 4.78 is 14.1. The topological polar surface area (TPSA) is 74.8 Å². The van der Waals surface area contributed by atoms with Gasteiger partial charge in [0.2, 0.25) is 11.7 Å². The summed E-state index contributed by atoms with van der Waals surface area (Å²) >= 11 is 6.29. The predicted octanol–water partition coefficient (Wildman–Crippen LogP) is 4.50. The van der Waals surface area contributed by atoms with Crippen LogP contribution in [-0.4, -0.2) is 39.7 Å². The number of aryl methyl sites for hydroxylation is 1. The third-order valence-corrected chi connectivity index (χ3v) is 5.80. The Hall–Kier alpha value is -3.58. The molecule has 8 heteroatoms. The molecule has 0 aliphatic heterocycles. The van der Waals surface area contributed by atoms with Crippen LogP contribution < -0.4 is 4.74 Å². The monoisotopic (exact) mass is 451 g/mol. The molecule has 0 saturated heterocycles. The number of fused-ring (bicyclic) bond motifs is 1. The van der Waals surface area contributed by atoms with Crippen LogP contribution >= 0.6 is 11.6 Å². The second-order valence-corrected chi connectivity index (χ2v) is 7.79. The van der Waals surface area contributed by atoms with Gasteiger partial charge in [-0.1, -0.05) is 35.9 Å². The van der Waals surface area contributed by atoms with Crippen molar-refractivity contribution in [3.05, 3.63) is 87.8 Å². The van der Waals surface area contributed by atoms with Gasteiger partial charge in [-0.2, -0.15) is 5.10 Å². The molecule has 4 rings (SSSR count). The SMILES string of the molecule is COc1cccc2c(C(=O)OCC(=O)c3cc(C)n(Cc4ccccc4Cl)c3C)cnn12. The molecule has 0 amide bonds. The lowest BCUT2D eigenvalue weighted by Gasteiger charge is -2.11. The smallest absolute Gasteiger partial charge is 0.342 e. The number of pyridine rings is 1. The van der Waals surface area contributed by atoms with E-state index in [9.17, 15) is 9.59 Å². The fraction of sp³-hybridized carbons (Fsp3) is 0.208. The fourth-order valence-corrected chi connectivity index (χ4v) is 3.90. The molecule has 0 spiro atoms. The van der Waals surface area contributed by atoms with Crippen molar-refractivity contribution in [2.75, 3.05) is 13.7 Å². The Bertz CT molecular complexity index is 1320. The van der Waals surface area contributed by atoms with E-state index in [2.05, 4.69) is 5.10 Å². The third-order valence-electron chi connectivity index (χ3n) is 5.43. The number of carbonyl (C=O) groups excluding carboxylic acids is 2. The molecule has 0 bridgehead atoms. The van der Waals surface area contributed by atoms with Crippen LogP contribution in [0.2, 0.25) is 5.02 Å². The number of ether oxygens (including phenoxy) is 2. The van der Waals surface area contributed by atoms with Crippen molar-refractivity contribution in [1.82, 2.24) is 14.2 Å². The van der Waals surface area contributed by atoms with E-state index in [1.165, 1.54) is 17.8 Å². The molecule has 3 aromatic heterocycles. The minimum Gasteiger partial charge on any atom is -0.481 e. The van der Waals surface area contributed by atoms with E-state index in [4.69, 9.17) is 21.1 Å². The largest absolute Gasteiger partial charge is 0.481 e. The number of carbonyl (C=O) groups is 2. The number of hydrogen-bond acceptors (Lipinski definition) is 5. The average Bonchev–Trinajstić information content (AvgIpc) is 3.35. The van der Waals surface area contributed by atoms with E-state index in [-0.39, 0.29) is 18.0 Å². The van der Waals surface area contributed by atoms with Crippen molar-refractivity contribution in [2.45, 2.75) is 20.4 Å². The van der Waals surface area contributed by atoms with Gasteiger partial charge in [0.05, 0.1) is 18.8 Å². The van der Waals surface area contributed by atoms with Crippen LogP contribution in [-0.2, 0) is 11.3 Å². The highest BCUT2D eigenvalue weighted by atomic mass is 35.5. The van der Waals surface area contributed by atoms with Gasteiger partial charge in [0.1, 0.15) is 5.56 Å². The third kappa shape index (κ3) is 3.99. The first-order chi connectivity index (χ1) is 15.4. The van der Waals surface area contributed by atoms with Crippen molar-refractivity contribution >= 4 is 28.9 Å². The zero-order chi connectivity index (χ0) is 22.8. The second-order valence-electron chi connectivity index (χ2n) is 7.39. The van der Waals surface area contributed by atoms with E-state index in [1.54, 1.807) is 18.2 Å². The van der Waals surface area contributed by atoms with Crippen LogP contribution in [0.5, 0.6) is 5.88 Å². The second kappa shape index (κ2) is 8.88. The van der Waals surface area contributed by atoms with Gasteiger partial charge in [-0.15, -0.1) is 0 Å². The molecule has 0 unspecified atom stereocenters. The minimum absolute atomic E-state index is 0.265. The molecule has 0 fully saturated rings. The number of esters is 1. The van der Waals surface area contributed by atoms with Crippen LogP contribution in [0, 0.1) is 13.8 Å². The van der Waals surface area contributed by atoms with Crippen LogP contribution in [0.15, 0.2) is 54.7 Å². The predicted molar refractivity (Wildman–Crippen MR) is 121 cm³/mol. The number of rotatable bonds is 7. The number of methoxy groups -OCH3 is 1. The van der Waals surface area contributed by atoms with Gasteiger partial charge in [-0.3, -0.25) is 4.79 Å². The van der Waals surface area contributed by atoms with E-state index in [1.807, 2.05) is 48.7 Å². The van der Waals surface area contributed by atoms with Gasteiger partial charge in [-0.25, -0.2) is 9.31 Å². The molecular weight excluding hydrogens is 430 g/mol. The molecule has 4 aromatic rings. The lowest BCUT2D eigenvalue weighted by molar-refractivity contribution is 0.0476. The van der Waals surface area contributed by atoms with Gasteiger partial charge in [0.25, 0.3) is 0 Å². The molecule has 0 atom stereocenters. The molecule has 1 aromatic carbocycles. The lowest BCUT2D eigenvalue weighted by Crippen LogP contribution is -2.15. The molecule has 0 aliphatic carbocycles. The molecule has 3 heterocycles. The number of halogens is 1. The van der Waals surface area contributed by atoms with Crippen molar-refractivity contribution in [3.8, 4) is 5.88 Å². The van der Waals surface area contributed by atoms with E-state index >= 15 is 0 Å². The maximum Gasteiger partial charge on any atom is 0.342 e. The number of hydrogen-bond donors (Lipinski definition) is 0. The first-order valence-electron chi connectivity index (χ1n) is 10.0. The van der Waals surface area contributed by atoms with E-state index in [0.717, 1.165) is 17.0 Å². The summed E-state index contributed by atoms with van der Waals surface area (Å²) in [6.45, 7) is 3.99. The van der Waals surface area contributed by atoms with Crippen molar-refractivity contribution in [1.29, 1.82) is 0 Å². The van der Waals surface area contributed by atoms with Crippen LogP contribution in [0.1, 0.15) is 37.7 Å². The maximum atomic E-state index is 12.8. The molecule has 0 radical (unpaired) electrons. The number of nitrogens with zero attached hydrogens (tertiary/aromatic N) is 3. The number of ketones is 1. The molecule has 0 aliphatic rings. The summed E-state index contributed by atoms with van der Waals surface area (Å²) in [4.78, 5) is 25.4. The summed E-state index contributed by atoms with van der Waals surface area (Å²) in [5.74, 6) is -0.402. The lowest BCUT2D eigenvalue weighted by atomic mass is 10.1.